The van der Waals surface area contributed by atoms with Crippen LogP contribution in [-0.4, -0.2) is 40.0 Å². The summed E-state index contributed by atoms with van der Waals surface area (Å²) in [6.45, 7) is 9.43. The molecule has 1 atom stereocenters. The minimum atomic E-state index is -0.418. The molecule has 0 radical (unpaired) electrons. The Kier molecular flexibility index (Phi) is 9.62. The summed E-state index contributed by atoms with van der Waals surface area (Å²) in [5.74, 6) is 1.21. The summed E-state index contributed by atoms with van der Waals surface area (Å²) >= 11 is 0. The second-order valence-electron chi connectivity index (χ2n) is 6.26. The molecule has 162 valence electrons. The molecule has 0 fully saturated rings. The fraction of sp³-hybridized carbons (Fsp3) is 0.333. The molecule has 30 heavy (non-hydrogen) atoms. The maximum absolute atomic E-state index is 13.3. The molecule has 0 aliphatic heterocycles. The standard InChI is InChI=1S/C22H26O6.C2H4/c1-7-15(13(2)23)16-11-20(27-5)21(28-6)12-17(16)22(24)14-8-9-18(25-3)19(10-14)26-4;1-2/h8-12,15H,7H2,1-6H3;1-2H2. The van der Waals surface area contributed by atoms with Crippen LogP contribution >= 0.6 is 0 Å². The summed E-state index contributed by atoms with van der Waals surface area (Å²) in [5, 5.41) is 0. The fourth-order valence-electron chi connectivity index (χ4n) is 3.24. The predicted molar refractivity (Wildman–Crippen MR) is 117 cm³/mol. The Balaban J connectivity index is 0.00000218. The zero-order chi connectivity index (χ0) is 22.8. The Bertz CT molecular complexity index is 888. The Morgan fingerprint density at radius 1 is 0.833 bits per heavy atom. The van der Waals surface area contributed by atoms with Crippen molar-refractivity contribution in [3.05, 3.63) is 60.2 Å². The third-order valence-corrected chi connectivity index (χ3v) is 4.72. The van der Waals surface area contributed by atoms with Gasteiger partial charge in [-0.25, -0.2) is 0 Å². The van der Waals surface area contributed by atoms with Gasteiger partial charge in [0, 0.05) is 17.0 Å². The molecule has 0 spiro atoms. The fourth-order valence-corrected chi connectivity index (χ4v) is 3.24. The summed E-state index contributed by atoms with van der Waals surface area (Å²) in [7, 11) is 6.07. The van der Waals surface area contributed by atoms with Gasteiger partial charge in [0.2, 0.25) is 0 Å². The highest BCUT2D eigenvalue weighted by molar-refractivity contribution is 6.11. The van der Waals surface area contributed by atoms with Gasteiger partial charge in [0.05, 0.1) is 28.4 Å². The highest BCUT2D eigenvalue weighted by Crippen LogP contribution is 2.37. The summed E-state index contributed by atoms with van der Waals surface area (Å²) in [6, 6.07) is 8.30. The van der Waals surface area contributed by atoms with Crippen LogP contribution in [0.15, 0.2) is 43.5 Å². The van der Waals surface area contributed by atoms with Gasteiger partial charge in [-0.1, -0.05) is 6.92 Å². The highest BCUT2D eigenvalue weighted by atomic mass is 16.5. The molecule has 0 N–H and O–H groups in total. The van der Waals surface area contributed by atoms with Crippen LogP contribution in [0.1, 0.15) is 47.7 Å². The summed E-state index contributed by atoms with van der Waals surface area (Å²) in [4.78, 5) is 25.5. The van der Waals surface area contributed by atoms with Crippen molar-refractivity contribution in [3.63, 3.8) is 0 Å². The van der Waals surface area contributed by atoms with Crippen LogP contribution in [0, 0.1) is 0 Å². The van der Waals surface area contributed by atoms with E-state index in [0.717, 1.165) is 0 Å². The van der Waals surface area contributed by atoms with Gasteiger partial charge in [0.25, 0.3) is 0 Å². The molecule has 0 amide bonds. The van der Waals surface area contributed by atoms with E-state index in [4.69, 9.17) is 18.9 Å². The highest BCUT2D eigenvalue weighted by Gasteiger charge is 2.26. The predicted octanol–water partition coefficient (Wildman–Crippen LogP) is 4.84. The quantitative estimate of drug-likeness (QED) is 0.432. The number of carbonyl (C=O) groups excluding carboxylic acids is 2. The number of rotatable bonds is 9. The number of methoxy groups -OCH3 is 4. The van der Waals surface area contributed by atoms with Crippen molar-refractivity contribution in [2.45, 2.75) is 26.2 Å². The molecule has 0 saturated carbocycles. The molecule has 6 heteroatoms. The largest absolute Gasteiger partial charge is 0.493 e. The van der Waals surface area contributed by atoms with Crippen molar-refractivity contribution in [1.82, 2.24) is 0 Å². The van der Waals surface area contributed by atoms with Gasteiger partial charge in [-0.05, 0) is 49.2 Å². The van der Waals surface area contributed by atoms with Crippen LogP contribution in [-0.2, 0) is 4.79 Å². The number of ketones is 2. The number of hydrogen-bond acceptors (Lipinski definition) is 6. The molecular formula is C24H30O6. The zero-order valence-electron chi connectivity index (χ0n) is 18.5. The molecule has 0 bridgehead atoms. The van der Waals surface area contributed by atoms with Gasteiger partial charge >= 0.3 is 0 Å². The van der Waals surface area contributed by atoms with Crippen molar-refractivity contribution in [3.8, 4) is 23.0 Å². The third kappa shape index (κ3) is 5.20. The summed E-state index contributed by atoms with van der Waals surface area (Å²) in [6.07, 6.45) is 0.566. The minimum Gasteiger partial charge on any atom is -0.493 e. The van der Waals surface area contributed by atoms with E-state index >= 15 is 0 Å². The molecule has 0 heterocycles. The van der Waals surface area contributed by atoms with Gasteiger partial charge in [-0.3, -0.25) is 9.59 Å². The first-order valence-electron chi connectivity index (χ1n) is 9.44. The van der Waals surface area contributed by atoms with E-state index in [0.29, 0.717) is 46.1 Å². The lowest BCUT2D eigenvalue weighted by Gasteiger charge is -2.19. The van der Waals surface area contributed by atoms with Crippen LogP contribution in [0.25, 0.3) is 0 Å². The topological polar surface area (TPSA) is 71.1 Å². The number of ether oxygens (including phenoxy) is 4. The normalized spacial score (nSPS) is 10.9. The van der Waals surface area contributed by atoms with E-state index in [2.05, 4.69) is 13.2 Å². The van der Waals surface area contributed by atoms with E-state index in [1.54, 1.807) is 30.3 Å². The first-order valence-corrected chi connectivity index (χ1v) is 9.44. The van der Waals surface area contributed by atoms with Crippen molar-refractivity contribution in [2.75, 3.05) is 28.4 Å². The van der Waals surface area contributed by atoms with Crippen LogP contribution in [0.2, 0.25) is 0 Å². The number of carbonyl (C=O) groups is 2. The SMILES string of the molecule is C=C.CCC(C(C)=O)c1cc(OC)c(OC)cc1C(=O)c1ccc(OC)c(OC)c1. The van der Waals surface area contributed by atoms with Gasteiger partial charge in [-0.15, -0.1) is 13.2 Å². The van der Waals surface area contributed by atoms with E-state index in [1.807, 2.05) is 6.92 Å². The Hall–Kier alpha value is -3.28. The molecule has 0 aliphatic carbocycles. The lowest BCUT2D eigenvalue weighted by Crippen LogP contribution is -2.15. The molecule has 0 aromatic heterocycles. The minimum absolute atomic E-state index is 0.0175. The first kappa shape index (κ1) is 24.8. The van der Waals surface area contributed by atoms with Gasteiger partial charge in [-0.2, -0.15) is 0 Å². The maximum Gasteiger partial charge on any atom is 0.193 e. The molecule has 2 aromatic rings. The van der Waals surface area contributed by atoms with Crippen molar-refractivity contribution in [2.24, 2.45) is 0 Å². The molecule has 1 unspecified atom stereocenters. The lowest BCUT2D eigenvalue weighted by atomic mass is 9.86. The van der Waals surface area contributed by atoms with Crippen LogP contribution in [0.5, 0.6) is 23.0 Å². The Morgan fingerprint density at radius 2 is 1.33 bits per heavy atom. The van der Waals surface area contributed by atoms with Crippen LogP contribution in [0.4, 0.5) is 0 Å². The van der Waals surface area contributed by atoms with E-state index in [-0.39, 0.29) is 11.6 Å². The van der Waals surface area contributed by atoms with Crippen LogP contribution in [0.3, 0.4) is 0 Å². The third-order valence-electron chi connectivity index (χ3n) is 4.72. The van der Waals surface area contributed by atoms with Gasteiger partial charge in [0.15, 0.2) is 28.8 Å². The van der Waals surface area contributed by atoms with Gasteiger partial charge < -0.3 is 18.9 Å². The van der Waals surface area contributed by atoms with Crippen molar-refractivity contribution >= 4 is 11.6 Å². The Labute approximate surface area is 178 Å². The number of Topliss-reactive ketones (excluding diaryl/α,β-unsaturated/α-hetero) is 1. The smallest absolute Gasteiger partial charge is 0.193 e. The molecule has 0 saturated heterocycles. The average Bonchev–Trinajstić information content (AvgIpc) is 2.79. The average molecular weight is 414 g/mol. The van der Waals surface area contributed by atoms with E-state index < -0.39 is 5.92 Å². The first-order chi connectivity index (χ1) is 14.4. The molecule has 2 aromatic carbocycles. The van der Waals surface area contributed by atoms with E-state index in [1.165, 1.54) is 35.4 Å². The lowest BCUT2D eigenvalue weighted by molar-refractivity contribution is -0.118. The zero-order valence-corrected chi connectivity index (χ0v) is 18.5. The van der Waals surface area contributed by atoms with Crippen LogP contribution < -0.4 is 18.9 Å². The number of benzene rings is 2. The monoisotopic (exact) mass is 414 g/mol. The van der Waals surface area contributed by atoms with E-state index in [9.17, 15) is 9.59 Å². The van der Waals surface area contributed by atoms with Gasteiger partial charge in [0.1, 0.15) is 5.78 Å². The van der Waals surface area contributed by atoms with Crippen molar-refractivity contribution < 1.29 is 28.5 Å². The number of hydrogen-bond donors (Lipinski definition) is 0. The summed E-state index contributed by atoms with van der Waals surface area (Å²) < 4.78 is 21.3. The molecule has 2 rings (SSSR count). The molecular weight excluding hydrogens is 384 g/mol. The maximum atomic E-state index is 13.3. The second-order valence-corrected chi connectivity index (χ2v) is 6.26. The van der Waals surface area contributed by atoms with Crippen molar-refractivity contribution in [1.29, 1.82) is 0 Å². The second kappa shape index (κ2) is 11.7. The Morgan fingerprint density at radius 3 is 1.80 bits per heavy atom. The summed E-state index contributed by atoms with van der Waals surface area (Å²) in [5.41, 5.74) is 1.43. The molecule has 6 nitrogen and oxygen atoms in total. The molecule has 0 aliphatic rings.